The average molecular weight is 244 g/mol. The van der Waals surface area contributed by atoms with Gasteiger partial charge in [-0.05, 0) is 30.0 Å². The third-order valence-corrected chi connectivity index (χ3v) is 3.28. The van der Waals surface area contributed by atoms with E-state index in [-0.39, 0.29) is 5.78 Å². The molecule has 0 radical (unpaired) electrons. The number of aromatic nitrogens is 1. The van der Waals surface area contributed by atoms with Crippen molar-refractivity contribution in [3.63, 3.8) is 0 Å². The first-order chi connectivity index (χ1) is 8.25. The molecule has 0 aliphatic heterocycles. The molecule has 1 aliphatic carbocycles. The van der Waals surface area contributed by atoms with Crippen molar-refractivity contribution in [3.8, 4) is 0 Å². The molecule has 0 unspecified atom stereocenters. The lowest BCUT2D eigenvalue weighted by Gasteiger charge is -2.03. The van der Waals surface area contributed by atoms with Crippen LogP contribution < -0.4 is 0 Å². The van der Waals surface area contributed by atoms with Crippen molar-refractivity contribution in [3.05, 3.63) is 63.9 Å². The molecule has 1 aromatic carbocycles. The summed E-state index contributed by atoms with van der Waals surface area (Å²) in [7, 11) is 0. The fourth-order valence-electron chi connectivity index (χ4n) is 2.23. The summed E-state index contributed by atoms with van der Waals surface area (Å²) in [5, 5.41) is 0.586. The lowest BCUT2D eigenvalue weighted by Crippen LogP contribution is -2.06. The largest absolute Gasteiger partial charge is 0.287 e. The number of carbonyl (C=O) groups excluding carboxylic acids is 1. The Hall–Kier alpha value is -1.67. The van der Waals surface area contributed by atoms with Crippen LogP contribution in [0.5, 0.6) is 0 Å². The molecular weight excluding hydrogens is 234 g/mol. The van der Waals surface area contributed by atoms with Gasteiger partial charge in [0.15, 0.2) is 0 Å². The van der Waals surface area contributed by atoms with Crippen LogP contribution in [-0.4, -0.2) is 10.8 Å². The van der Waals surface area contributed by atoms with Crippen LogP contribution in [-0.2, 0) is 12.8 Å². The molecular formula is C14H10ClNO. The van der Waals surface area contributed by atoms with Crippen LogP contribution in [0, 0.1) is 0 Å². The van der Waals surface area contributed by atoms with Gasteiger partial charge in [0, 0.05) is 11.8 Å². The average Bonchev–Trinajstić information content (AvgIpc) is 2.48. The van der Waals surface area contributed by atoms with E-state index < -0.39 is 0 Å². The Balaban J connectivity index is 2.20. The maximum atomic E-state index is 12.3. The molecule has 0 amide bonds. The maximum absolute atomic E-state index is 12.3. The van der Waals surface area contributed by atoms with Crippen molar-refractivity contribution in [1.82, 2.24) is 4.98 Å². The van der Waals surface area contributed by atoms with Crippen molar-refractivity contribution in [2.24, 2.45) is 0 Å². The highest BCUT2D eigenvalue weighted by molar-refractivity contribution is 6.30. The lowest BCUT2D eigenvalue weighted by atomic mass is 10.0. The van der Waals surface area contributed by atoms with Gasteiger partial charge >= 0.3 is 0 Å². The predicted octanol–water partition coefficient (Wildman–Crippen LogP) is 3.06. The molecule has 17 heavy (non-hydrogen) atoms. The molecule has 0 saturated carbocycles. The molecule has 0 saturated heterocycles. The number of aryl methyl sites for hydroxylation is 2. The Kier molecular flexibility index (Phi) is 2.45. The molecule has 0 bridgehead atoms. The van der Waals surface area contributed by atoms with E-state index in [1.165, 1.54) is 6.20 Å². The van der Waals surface area contributed by atoms with Gasteiger partial charge in [0.1, 0.15) is 5.69 Å². The fourth-order valence-corrected chi connectivity index (χ4v) is 2.41. The van der Waals surface area contributed by atoms with E-state index in [1.54, 1.807) is 0 Å². The van der Waals surface area contributed by atoms with Crippen LogP contribution >= 0.6 is 11.6 Å². The second kappa shape index (κ2) is 3.97. The summed E-state index contributed by atoms with van der Waals surface area (Å²) >= 11 is 5.92. The second-order valence-electron chi connectivity index (χ2n) is 4.15. The van der Waals surface area contributed by atoms with Crippen molar-refractivity contribution in [2.45, 2.75) is 12.8 Å². The number of hydrogen-bond donors (Lipinski definition) is 0. The molecule has 2 aromatic rings. The Bertz CT molecular complexity index is 607. The standard InChI is InChI=1S/C14H10ClNO/c15-11-7-10-6-5-9-3-1-2-4-12(9)14(17)13(10)16-8-11/h1-4,7-8H,5-6H2. The number of fused-ring (bicyclic) bond motifs is 2. The van der Waals surface area contributed by atoms with Crippen LogP contribution in [0.4, 0.5) is 0 Å². The molecule has 3 rings (SSSR count). The van der Waals surface area contributed by atoms with E-state index in [0.29, 0.717) is 10.7 Å². The van der Waals surface area contributed by atoms with Gasteiger partial charge in [0.2, 0.25) is 5.78 Å². The summed E-state index contributed by atoms with van der Waals surface area (Å²) in [4.78, 5) is 16.5. The first-order valence-corrected chi connectivity index (χ1v) is 5.90. The normalized spacial score (nSPS) is 13.8. The van der Waals surface area contributed by atoms with Crippen LogP contribution in [0.1, 0.15) is 27.2 Å². The summed E-state index contributed by atoms with van der Waals surface area (Å²) < 4.78 is 0. The number of carbonyl (C=O) groups is 1. The summed E-state index contributed by atoms with van der Waals surface area (Å²) in [5.41, 5.74) is 3.34. The molecule has 2 nitrogen and oxygen atoms in total. The van der Waals surface area contributed by atoms with Crippen molar-refractivity contribution >= 4 is 17.4 Å². The fraction of sp³-hybridized carbons (Fsp3) is 0.143. The number of ketones is 1. The molecule has 0 atom stereocenters. The predicted molar refractivity (Wildman–Crippen MR) is 66.5 cm³/mol. The van der Waals surface area contributed by atoms with Crippen molar-refractivity contribution in [1.29, 1.82) is 0 Å². The highest BCUT2D eigenvalue weighted by Gasteiger charge is 2.21. The van der Waals surface area contributed by atoms with Gasteiger partial charge in [-0.25, -0.2) is 0 Å². The monoisotopic (exact) mass is 243 g/mol. The Morgan fingerprint density at radius 1 is 1.12 bits per heavy atom. The SMILES string of the molecule is O=C1c2ccccc2CCc2cc(Cl)cnc21. The number of benzene rings is 1. The van der Waals surface area contributed by atoms with Crippen LogP contribution in [0.3, 0.4) is 0 Å². The zero-order chi connectivity index (χ0) is 11.8. The maximum Gasteiger partial charge on any atom is 0.211 e. The summed E-state index contributed by atoms with van der Waals surface area (Å²) in [5.74, 6) is 0.00441. The Morgan fingerprint density at radius 3 is 2.76 bits per heavy atom. The number of hydrogen-bond acceptors (Lipinski definition) is 2. The second-order valence-corrected chi connectivity index (χ2v) is 4.58. The van der Waals surface area contributed by atoms with Gasteiger partial charge < -0.3 is 0 Å². The lowest BCUT2D eigenvalue weighted by molar-refractivity contribution is 0.103. The Morgan fingerprint density at radius 2 is 1.88 bits per heavy atom. The molecule has 0 spiro atoms. The highest BCUT2D eigenvalue weighted by Crippen LogP contribution is 2.24. The third-order valence-electron chi connectivity index (χ3n) is 3.07. The van der Waals surface area contributed by atoms with Crippen molar-refractivity contribution in [2.75, 3.05) is 0 Å². The molecule has 0 N–H and O–H groups in total. The van der Waals surface area contributed by atoms with E-state index in [0.717, 1.165) is 29.5 Å². The van der Waals surface area contributed by atoms with Gasteiger partial charge in [-0.1, -0.05) is 35.9 Å². The quantitative estimate of drug-likeness (QED) is 0.712. The first-order valence-electron chi connectivity index (χ1n) is 5.53. The summed E-state index contributed by atoms with van der Waals surface area (Å²) in [6.07, 6.45) is 3.20. The zero-order valence-electron chi connectivity index (χ0n) is 9.11. The van der Waals surface area contributed by atoms with Crippen LogP contribution in [0.2, 0.25) is 5.02 Å². The molecule has 1 aromatic heterocycles. The minimum Gasteiger partial charge on any atom is -0.287 e. The molecule has 1 heterocycles. The molecule has 84 valence electrons. The summed E-state index contributed by atoms with van der Waals surface area (Å²) in [6.45, 7) is 0. The Labute approximate surface area is 104 Å². The highest BCUT2D eigenvalue weighted by atomic mass is 35.5. The number of nitrogens with zero attached hydrogens (tertiary/aromatic N) is 1. The smallest absolute Gasteiger partial charge is 0.211 e. The van der Waals surface area contributed by atoms with Crippen molar-refractivity contribution < 1.29 is 4.79 Å². The first kappa shape index (κ1) is 10.5. The third kappa shape index (κ3) is 1.75. The van der Waals surface area contributed by atoms with E-state index in [2.05, 4.69) is 4.98 Å². The van der Waals surface area contributed by atoms with E-state index in [1.807, 2.05) is 30.3 Å². The van der Waals surface area contributed by atoms with Gasteiger partial charge in [0.05, 0.1) is 5.02 Å². The number of halogens is 1. The minimum absolute atomic E-state index is 0.00441. The van der Waals surface area contributed by atoms with Gasteiger partial charge in [-0.3, -0.25) is 9.78 Å². The molecule has 3 heteroatoms. The minimum atomic E-state index is 0.00441. The van der Waals surface area contributed by atoms with Gasteiger partial charge in [-0.15, -0.1) is 0 Å². The van der Waals surface area contributed by atoms with Crippen LogP contribution in [0.25, 0.3) is 0 Å². The van der Waals surface area contributed by atoms with Crippen LogP contribution in [0.15, 0.2) is 36.5 Å². The summed E-state index contributed by atoms with van der Waals surface area (Å²) in [6, 6.07) is 9.55. The molecule has 0 fully saturated rings. The van der Waals surface area contributed by atoms with E-state index in [4.69, 9.17) is 11.6 Å². The van der Waals surface area contributed by atoms with Gasteiger partial charge in [-0.2, -0.15) is 0 Å². The molecule has 1 aliphatic rings. The topological polar surface area (TPSA) is 30.0 Å². The number of pyridine rings is 1. The van der Waals surface area contributed by atoms with E-state index in [9.17, 15) is 4.79 Å². The van der Waals surface area contributed by atoms with Gasteiger partial charge in [0.25, 0.3) is 0 Å². The number of rotatable bonds is 0. The zero-order valence-corrected chi connectivity index (χ0v) is 9.87. The van der Waals surface area contributed by atoms with E-state index >= 15 is 0 Å².